The van der Waals surface area contributed by atoms with Crippen LogP contribution in [0.15, 0.2) is 24.3 Å². The molecule has 0 bridgehead atoms. The summed E-state index contributed by atoms with van der Waals surface area (Å²) in [7, 11) is 0. The van der Waals surface area contributed by atoms with Crippen molar-refractivity contribution in [3.05, 3.63) is 35.6 Å². The van der Waals surface area contributed by atoms with E-state index >= 15 is 0 Å². The molecule has 2 atom stereocenters. The average Bonchev–Trinajstić information content (AvgIpc) is 2.30. The maximum Gasteiger partial charge on any atom is 0.333 e. The lowest BCUT2D eigenvalue weighted by atomic mass is 9.87. The van der Waals surface area contributed by atoms with Crippen molar-refractivity contribution in [1.29, 1.82) is 0 Å². The first-order valence-electron chi connectivity index (χ1n) is 5.28. The molecule has 0 spiro atoms. The SMILES string of the molecule is O=C(O)C1OCCCC1c1ccc(F)cc1. The molecule has 1 heterocycles. The Morgan fingerprint density at radius 1 is 1.38 bits per heavy atom. The molecule has 1 aliphatic heterocycles. The second-order valence-electron chi connectivity index (χ2n) is 3.93. The van der Waals surface area contributed by atoms with Crippen LogP contribution in [0.25, 0.3) is 0 Å². The number of carboxylic acid groups (broad SMARTS) is 1. The fourth-order valence-electron chi connectivity index (χ4n) is 2.08. The standard InChI is InChI=1S/C12H13FO3/c13-9-5-3-8(4-6-9)10-2-1-7-16-11(10)12(14)15/h3-6,10-11H,1-2,7H2,(H,14,15). The van der Waals surface area contributed by atoms with Crippen molar-refractivity contribution >= 4 is 5.97 Å². The molecule has 0 amide bonds. The number of benzene rings is 1. The van der Waals surface area contributed by atoms with E-state index in [0.717, 1.165) is 18.4 Å². The van der Waals surface area contributed by atoms with E-state index in [1.165, 1.54) is 12.1 Å². The highest BCUT2D eigenvalue weighted by atomic mass is 19.1. The molecule has 3 nitrogen and oxygen atoms in total. The van der Waals surface area contributed by atoms with Gasteiger partial charge in [-0.2, -0.15) is 0 Å². The highest BCUT2D eigenvalue weighted by Crippen LogP contribution is 2.31. The van der Waals surface area contributed by atoms with Gasteiger partial charge in [0.15, 0.2) is 6.10 Å². The van der Waals surface area contributed by atoms with Gasteiger partial charge in [-0.1, -0.05) is 12.1 Å². The summed E-state index contributed by atoms with van der Waals surface area (Å²) in [5.41, 5.74) is 0.827. The quantitative estimate of drug-likeness (QED) is 0.837. The smallest absolute Gasteiger partial charge is 0.333 e. The summed E-state index contributed by atoms with van der Waals surface area (Å²) < 4.78 is 18.0. The molecule has 1 fully saturated rings. The van der Waals surface area contributed by atoms with Crippen molar-refractivity contribution in [3.8, 4) is 0 Å². The van der Waals surface area contributed by atoms with Gasteiger partial charge in [0.1, 0.15) is 5.82 Å². The third-order valence-electron chi connectivity index (χ3n) is 2.86. The molecule has 1 aromatic carbocycles. The number of hydrogen-bond acceptors (Lipinski definition) is 2. The largest absolute Gasteiger partial charge is 0.479 e. The summed E-state index contributed by atoms with van der Waals surface area (Å²) in [6, 6.07) is 5.96. The lowest BCUT2D eigenvalue weighted by molar-refractivity contribution is -0.154. The predicted molar refractivity (Wildman–Crippen MR) is 55.8 cm³/mol. The Balaban J connectivity index is 2.23. The van der Waals surface area contributed by atoms with E-state index in [1.54, 1.807) is 12.1 Å². The Labute approximate surface area is 92.9 Å². The van der Waals surface area contributed by atoms with Crippen molar-refractivity contribution in [3.63, 3.8) is 0 Å². The lowest BCUT2D eigenvalue weighted by Gasteiger charge is -2.29. The number of carbonyl (C=O) groups is 1. The third kappa shape index (κ3) is 2.22. The van der Waals surface area contributed by atoms with Gasteiger partial charge in [0.05, 0.1) is 0 Å². The van der Waals surface area contributed by atoms with Gasteiger partial charge >= 0.3 is 5.97 Å². The van der Waals surface area contributed by atoms with Crippen LogP contribution < -0.4 is 0 Å². The number of rotatable bonds is 2. The first-order chi connectivity index (χ1) is 7.68. The summed E-state index contributed by atoms with van der Waals surface area (Å²) in [6.07, 6.45) is 0.799. The van der Waals surface area contributed by atoms with E-state index in [4.69, 9.17) is 9.84 Å². The van der Waals surface area contributed by atoms with E-state index in [2.05, 4.69) is 0 Å². The molecule has 2 rings (SSSR count). The zero-order chi connectivity index (χ0) is 11.5. The minimum Gasteiger partial charge on any atom is -0.479 e. The molecule has 0 aromatic heterocycles. The van der Waals surface area contributed by atoms with E-state index in [1.807, 2.05) is 0 Å². The molecule has 0 aliphatic carbocycles. The minimum absolute atomic E-state index is 0.174. The Hall–Kier alpha value is -1.42. The molecule has 1 aliphatic rings. The monoisotopic (exact) mass is 224 g/mol. The molecule has 0 saturated carbocycles. The molecule has 16 heavy (non-hydrogen) atoms. The number of carboxylic acids is 1. The molecular formula is C12H13FO3. The first kappa shape index (κ1) is 11.1. The van der Waals surface area contributed by atoms with E-state index in [0.29, 0.717) is 6.61 Å². The molecule has 4 heteroatoms. The van der Waals surface area contributed by atoms with Crippen LogP contribution in [0.2, 0.25) is 0 Å². The predicted octanol–water partition coefficient (Wildman–Crippen LogP) is 2.17. The van der Waals surface area contributed by atoms with Crippen molar-refractivity contribution in [2.24, 2.45) is 0 Å². The first-order valence-corrected chi connectivity index (χ1v) is 5.28. The van der Waals surface area contributed by atoms with Gasteiger partial charge in [0.25, 0.3) is 0 Å². The molecule has 1 aromatic rings. The van der Waals surface area contributed by atoms with E-state index in [9.17, 15) is 9.18 Å². The van der Waals surface area contributed by atoms with Crippen molar-refractivity contribution in [2.45, 2.75) is 24.9 Å². The van der Waals surface area contributed by atoms with Gasteiger partial charge in [0, 0.05) is 12.5 Å². The summed E-state index contributed by atoms with van der Waals surface area (Å²) in [4.78, 5) is 11.0. The second kappa shape index (κ2) is 4.61. The summed E-state index contributed by atoms with van der Waals surface area (Å²) >= 11 is 0. The van der Waals surface area contributed by atoms with Crippen LogP contribution in [0.3, 0.4) is 0 Å². The average molecular weight is 224 g/mol. The summed E-state index contributed by atoms with van der Waals surface area (Å²) in [5, 5.41) is 9.03. The summed E-state index contributed by atoms with van der Waals surface area (Å²) in [5.74, 6) is -1.44. The third-order valence-corrected chi connectivity index (χ3v) is 2.86. The maximum absolute atomic E-state index is 12.8. The number of halogens is 1. The Kier molecular flexibility index (Phi) is 3.19. The zero-order valence-electron chi connectivity index (χ0n) is 8.73. The van der Waals surface area contributed by atoms with Crippen LogP contribution in [0.5, 0.6) is 0 Å². The number of hydrogen-bond donors (Lipinski definition) is 1. The highest BCUT2D eigenvalue weighted by molar-refractivity contribution is 5.74. The van der Waals surface area contributed by atoms with Crippen molar-refractivity contribution in [2.75, 3.05) is 6.61 Å². The van der Waals surface area contributed by atoms with Crippen LogP contribution in [-0.2, 0) is 9.53 Å². The summed E-state index contributed by atoms with van der Waals surface area (Å²) in [6.45, 7) is 0.481. The van der Waals surface area contributed by atoms with Crippen molar-refractivity contribution < 1.29 is 19.0 Å². The molecule has 1 N–H and O–H groups in total. The van der Waals surface area contributed by atoms with Gasteiger partial charge in [0.2, 0.25) is 0 Å². The lowest BCUT2D eigenvalue weighted by Crippen LogP contribution is -2.34. The van der Waals surface area contributed by atoms with Gasteiger partial charge in [-0.25, -0.2) is 9.18 Å². The van der Waals surface area contributed by atoms with Gasteiger partial charge < -0.3 is 9.84 Å². The van der Waals surface area contributed by atoms with Gasteiger partial charge in [-0.15, -0.1) is 0 Å². The molecule has 2 unspecified atom stereocenters. The fraction of sp³-hybridized carbons (Fsp3) is 0.417. The number of ether oxygens (including phenoxy) is 1. The van der Waals surface area contributed by atoms with Crippen LogP contribution in [0.1, 0.15) is 24.3 Å². The van der Waals surface area contributed by atoms with Crippen LogP contribution in [0.4, 0.5) is 4.39 Å². The Morgan fingerprint density at radius 3 is 2.69 bits per heavy atom. The van der Waals surface area contributed by atoms with Crippen LogP contribution in [-0.4, -0.2) is 23.8 Å². The molecule has 0 radical (unpaired) electrons. The van der Waals surface area contributed by atoms with Crippen molar-refractivity contribution in [1.82, 2.24) is 0 Å². The maximum atomic E-state index is 12.8. The Bertz CT molecular complexity index is 374. The molecular weight excluding hydrogens is 211 g/mol. The van der Waals surface area contributed by atoms with E-state index in [-0.39, 0.29) is 11.7 Å². The fourth-order valence-corrected chi connectivity index (χ4v) is 2.08. The minimum atomic E-state index is -0.950. The van der Waals surface area contributed by atoms with E-state index < -0.39 is 12.1 Å². The zero-order valence-corrected chi connectivity index (χ0v) is 8.73. The van der Waals surface area contributed by atoms with Gasteiger partial charge in [-0.3, -0.25) is 0 Å². The van der Waals surface area contributed by atoms with Crippen LogP contribution in [0, 0.1) is 5.82 Å². The molecule has 1 saturated heterocycles. The topological polar surface area (TPSA) is 46.5 Å². The Morgan fingerprint density at radius 2 is 2.06 bits per heavy atom. The normalized spacial score (nSPS) is 25.3. The number of aliphatic carboxylic acids is 1. The molecule has 86 valence electrons. The second-order valence-corrected chi connectivity index (χ2v) is 3.93. The van der Waals surface area contributed by atoms with Crippen LogP contribution >= 0.6 is 0 Å². The highest BCUT2D eigenvalue weighted by Gasteiger charge is 2.32. The van der Waals surface area contributed by atoms with Gasteiger partial charge in [-0.05, 0) is 30.5 Å².